The summed E-state index contributed by atoms with van der Waals surface area (Å²) < 4.78 is 13.2. The number of halogens is 2. The van der Waals surface area contributed by atoms with Crippen LogP contribution in [0.4, 0.5) is 15.8 Å². The minimum absolute atomic E-state index is 0.0805. The van der Waals surface area contributed by atoms with E-state index in [9.17, 15) is 14.0 Å². The van der Waals surface area contributed by atoms with E-state index in [1.807, 2.05) is 24.3 Å². The molecule has 0 aliphatic heterocycles. The quantitative estimate of drug-likeness (QED) is 0.776. The van der Waals surface area contributed by atoms with Crippen molar-refractivity contribution >= 4 is 34.8 Å². The standard InChI is InChI=1S/C19H18ClFN2O2/c1-2-12-3-5-13(6-4-12)22-17(24)19(9-10-19)18(25)23-14-7-8-16(21)15(20)11-14/h3-8,11H,2,9-10H2,1H3,(H,22,24)(H,23,25). The summed E-state index contributed by atoms with van der Waals surface area (Å²) in [6.07, 6.45) is 1.88. The van der Waals surface area contributed by atoms with Crippen LogP contribution in [-0.4, -0.2) is 11.8 Å². The molecule has 0 atom stereocenters. The zero-order valence-corrected chi connectivity index (χ0v) is 14.5. The molecule has 1 aliphatic carbocycles. The predicted molar refractivity (Wildman–Crippen MR) is 96.2 cm³/mol. The molecule has 2 aromatic carbocycles. The third-order valence-electron chi connectivity index (χ3n) is 4.42. The van der Waals surface area contributed by atoms with Crippen molar-refractivity contribution in [2.75, 3.05) is 10.6 Å². The topological polar surface area (TPSA) is 58.2 Å². The van der Waals surface area contributed by atoms with Crippen LogP contribution in [0.1, 0.15) is 25.3 Å². The zero-order valence-electron chi connectivity index (χ0n) is 13.7. The molecule has 1 saturated carbocycles. The summed E-state index contributed by atoms with van der Waals surface area (Å²) in [6.45, 7) is 2.05. The Kier molecular flexibility index (Phi) is 4.77. The summed E-state index contributed by atoms with van der Waals surface area (Å²) in [7, 11) is 0. The molecule has 0 spiro atoms. The molecule has 130 valence electrons. The maximum atomic E-state index is 13.2. The number of hydrogen-bond acceptors (Lipinski definition) is 2. The van der Waals surface area contributed by atoms with E-state index in [2.05, 4.69) is 17.6 Å². The van der Waals surface area contributed by atoms with Crippen LogP contribution in [0.3, 0.4) is 0 Å². The molecule has 2 amide bonds. The van der Waals surface area contributed by atoms with Crippen LogP contribution in [0.15, 0.2) is 42.5 Å². The van der Waals surface area contributed by atoms with Crippen LogP contribution >= 0.6 is 11.6 Å². The van der Waals surface area contributed by atoms with E-state index >= 15 is 0 Å². The molecule has 2 N–H and O–H groups in total. The van der Waals surface area contributed by atoms with E-state index < -0.39 is 17.1 Å². The Hall–Kier alpha value is -2.40. The van der Waals surface area contributed by atoms with Gasteiger partial charge in [-0.1, -0.05) is 30.7 Å². The van der Waals surface area contributed by atoms with Crippen LogP contribution in [0.25, 0.3) is 0 Å². The molecular weight excluding hydrogens is 343 g/mol. The number of aryl methyl sites for hydroxylation is 1. The third-order valence-corrected chi connectivity index (χ3v) is 4.71. The Morgan fingerprint density at radius 1 is 1.04 bits per heavy atom. The van der Waals surface area contributed by atoms with Crippen molar-refractivity contribution in [1.29, 1.82) is 0 Å². The number of carbonyl (C=O) groups excluding carboxylic acids is 2. The third kappa shape index (κ3) is 3.66. The predicted octanol–water partition coefficient (Wildman–Crippen LogP) is 4.40. The van der Waals surface area contributed by atoms with Crippen molar-refractivity contribution in [3.8, 4) is 0 Å². The fourth-order valence-electron chi connectivity index (χ4n) is 2.58. The number of amides is 2. The molecule has 1 aliphatic rings. The maximum absolute atomic E-state index is 13.2. The second-order valence-corrected chi connectivity index (χ2v) is 6.58. The Morgan fingerprint density at radius 2 is 1.60 bits per heavy atom. The molecule has 2 aromatic rings. The number of rotatable bonds is 5. The van der Waals surface area contributed by atoms with E-state index in [1.165, 1.54) is 23.8 Å². The van der Waals surface area contributed by atoms with E-state index in [4.69, 9.17) is 11.6 Å². The normalized spacial score (nSPS) is 14.7. The van der Waals surface area contributed by atoms with Crippen LogP contribution in [0.2, 0.25) is 5.02 Å². The van der Waals surface area contributed by atoms with Crippen molar-refractivity contribution in [1.82, 2.24) is 0 Å². The van der Waals surface area contributed by atoms with Gasteiger partial charge in [0.2, 0.25) is 11.8 Å². The van der Waals surface area contributed by atoms with Gasteiger partial charge in [-0.3, -0.25) is 9.59 Å². The zero-order chi connectivity index (χ0) is 18.0. The first-order valence-corrected chi connectivity index (χ1v) is 8.49. The van der Waals surface area contributed by atoms with E-state index in [1.54, 1.807) is 0 Å². The molecule has 0 saturated heterocycles. The van der Waals surface area contributed by atoms with Crippen molar-refractivity contribution in [3.63, 3.8) is 0 Å². The van der Waals surface area contributed by atoms with Gasteiger partial charge in [0.25, 0.3) is 0 Å². The molecule has 25 heavy (non-hydrogen) atoms. The first-order valence-electron chi connectivity index (χ1n) is 8.11. The SMILES string of the molecule is CCc1ccc(NC(=O)C2(C(=O)Nc3ccc(F)c(Cl)c3)CC2)cc1. The van der Waals surface area contributed by atoms with Crippen LogP contribution in [-0.2, 0) is 16.0 Å². The Bertz CT molecular complexity index is 817. The Morgan fingerprint density at radius 3 is 2.12 bits per heavy atom. The Labute approximate surface area is 150 Å². The highest BCUT2D eigenvalue weighted by Gasteiger charge is 2.56. The van der Waals surface area contributed by atoms with E-state index in [0.717, 1.165) is 6.42 Å². The van der Waals surface area contributed by atoms with Crippen molar-refractivity contribution in [3.05, 3.63) is 58.9 Å². The monoisotopic (exact) mass is 360 g/mol. The lowest BCUT2D eigenvalue weighted by atomic mass is 10.0. The summed E-state index contributed by atoms with van der Waals surface area (Å²) in [6, 6.07) is 11.4. The molecule has 0 radical (unpaired) electrons. The minimum Gasteiger partial charge on any atom is -0.325 e. The molecule has 0 bridgehead atoms. The van der Waals surface area contributed by atoms with Gasteiger partial charge < -0.3 is 10.6 Å². The van der Waals surface area contributed by atoms with E-state index in [-0.39, 0.29) is 10.9 Å². The summed E-state index contributed by atoms with van der Waals surface area (Å²) >= 11 is 5.72. The first-order chi connectivity index (χ1) is 11.9. The number of anilines is 2. The van der Waals surface area contributed by atoms with Crippen molar-refractivity contribution in [2.45, 2.75) is 26.2 Å². The minimum atomic E-state index is -1.08. The van der Waals surface area contributed by atoms with Gasteiger partial charge in [0.1, 0.15) is 11.2 Å². The molecule has 3 rings (SSSR count). The maximum Gasteiger partial charge on any atom is 0.240 e. The van der Waals surface area contributed by atoms with Crippen LogP contribution in [0.5, 0.6) is 0 Å². The van der Waals surface area contributed by atoms with Crippen LogP contribution in [0, 0.1) is 11.2 Å². The molecule has 4 nitrogen and oxygen atoms in total. The number of carbonyl (C=O) groups is 2. The highest BCUT2D eigenvalue weighted by atomic mass is 35.5. The van der Waals surface area contributed by atoms with Gasteiger partial charge in [-0.2, -0.15) is 0 Å². The van der Waals surface area contributed by atoms with Gasteiger partial charge in [0.05, 0.1) is 5.02 Å². The highest BCUT2D eigenvalue weighted by Crippen LogP contribution is 2.47. The molecule has 1 fully saturated rings. The second-order valence-electron chi connectivity index (χ2n) is 6.17. The summed E-state index contributed by atoms with van der Waals surface area (Å²) in [5, 5.41) is 5.36. The van der Waals surface area contributed by atoms with Gasteiger partial charge in [0, 0.05) is 11.4 Å². The average molecular weight is 361 g/mol. The molecule has 0 heterocycles. The van der Waals surface area contributed by atoms with E-state index in [0.29, 0.717) is 24.2 Å². The number of hydrogen-bond donors (Lipinski definition) is 2. The van der Waals surface area contributed by atoms with Gasteiger partial charge in [-0.05, 0) is 55.2 Å². The average Bonchev–Trinajstić information content (AvgIpc) is 3.41. The van der Waals surface area contributed by atoms with Crippen LogP contribution < -0.4 is 10.6 Å². The molecule has 0 unspecified atom stereocenters. The summed E-state index contributed by atoms with van der Waals surface area (Å²) in [4.78, 5) is 25.1. The molecular formula is C19H18ClFN2O2. The molecule has 0 aromatic heterocycles. The number of nitrogens with one attached hydrogen (secondary N) is 2. The summed E-state index contributed by atoms with van der Waals surface area (Å²) in [5.41, 5.74) is 1.11. The fourth-order valence-corrected chi connectivity index (χ4v) is 2.76. The lowest BCUT2D eigenvalue weighted by Gasteiger charge is -2.16. The molecule has 6 heteroatoms. The van der Waals surface area contributed by atoms with Gasteiger partial charge in [-0.25, -0.2) is 4.39 Å². The van der Waals surface area contributed by atoms with Crippen molar-refractivity contribution < 1.29 is 14.0 Å². The fraction of sp³-hybridized carbons (Fsp3) is 0.263. The van der Waals surface area contributed by atoms with Gasteiger partial charge in [0.15, 0.2) is 0 Å². The summed E-state index contributed by atoms with van der Waals surface area (Å²) in [5.74, 6) is -1.30. The first kappa shape index (κ1) is 17.4. The van der Waals surface area contributed by atoms with Crippen molar-refractivity contribution in [2.24, 2.45) is 5.41 Å². The lowest BCUT2D eigenvalue weighted by Crippen LogP contribution is -2.35. The lowest BCUT2D eigenvalue weighted by molar-refractivity contribution is -0.131. The highest BCUT2D eigenvalue weighted by molar-refractivity contribution is 6.31. The second kappa shape index (κ2) is 6.84. The number of benzene rings is 2. The Balaban J connectivity index is 1.68. The largest absolute Gasteiger partial charge is 0.325 e. The smallest absolute Gasteiger partial charge is 0.240 e. The van der Waals surface area contributed by atoms with Gasteiger partial charge >= 0.3 is 0 Å². The van der Waals surface area contributed by atoms with Gasteiger partial charge in [-0.15, -0.1) is 0 Å².